The molecule has 0 aliphatic carbocycles. The van der Waals surface area contributed by atoms with Crippen LogP contribution in [0.5, 0.6) is 5.75 Å². The zero-order valence-electron chi connectivity index (χ0n) is 12.4. The van der Waals surface area contributed by atoms with E-state index < -0.39 is 0 Å². The summed E-state index contributed by atoms with van der Waals surface area (Å²) in [5.74, 6) is 1.02. The van der Waals surface area contributed by atoms with E-state index in [1.54, 1.807) is 0 Å². The van der Waals surface area contributed by atoms with Crippen molar-refractivity contribution in [3.05, 3.63) is 27.7 Å². The Kier molecular flexibility index (Phi) is 7.42. The molecule has 108 valence electrons. The maximum Gasteiger partial charge on any atom is 0.126 e. The lowest BCUT2D eigenvalue weighted by molar-refractivity contribution is 0.220. The normalized spacial score (nSPS) is 11.1. The predicted molar refractivity (Wildman–Crippen MR) is 84.9 cm³/mol. The molecule has 0 aromatic heterocycles. The third-order valence-corrected chi connectivity index (χ3v) is 3.69. The number of ether oxygens (including phenoxy) is 1. The summed E-state index contributed by atoms with van der Waals surface area (Å²) in [5, 5.41) is 3.19. The van der Waals surface area contributed by atoms with Crippen LogP contribution in [-0.4, -0.2) is 38.2 Å². The van der Waals surface area contributed by atoms with Crippen LogP contribution >= 0.6 is 15.9 Å². The van der Waals surface area contributed by atoms with Gasteiger partial charge in [-0.2, -0.15) is 0 Å². The third-order valence-electron chi connectivity index (χ3n) is 3.23. The van der Waals surface area contributed by atoms with Crippen molar-refractivity contribution in [3.8, 4) is 5.75 Å². The number of hydrogen-bond donors (Lipinski definition) is 1. The van der Waals surface area contributed by atoms with Crippen molar-refractivity contribution in [2.75, 3.05) is 33.3 Å². The van der Waals surface area contributed by atoms with Crippen LogP contribution in [0.4, 0.5) is 0 Å². The van der Waals surface area contributed by atoms with E-state index in [2.05, 4.69) is 59.1 Å². The van der Waals surface area contributed by atoms with E-state index in [9.17, 15) is 0 Å². The first-order valence-corrected chi connectivity index (χ1v) is 7.70. The van der Waals surface area contributed by atoms with Crippen molar-refractivity contribution in [1.82, 2.24) is 10.2 Å². The molecule has 0 unspecified atom stereocenters. The Balaban J connectivity index is 2.71. The Morgan fingerprint density at radius 2 is 1.95 bits per heavy atom. The molecule has 0 spiro atoms. The van der Waals surface area contributed by atoms with Gasteiger partial charge < -0.3 is 15.0 Å². The molecule has 4 heteroatoms. The highest BCUT2D eigenvalue weighted by atomic mass is 79.9. The molecule has 0 bridgehead atoms. The van der Waals surface area contributed by atoms with Gasteiger partial charge in [-0.25, -0.2) is 0 Å². The highest BCUT2D eigenvalue weighted by Gasteiger charge is 2.09. The SMILES string of the molecule is CCN(CC)CCOc1c(C)cc(Br)cc1CNC. The number of hydrogen-bond acceptors (Lipinski definition) is 3. The monoisotopic (exact) mass is 328 g/mol. The summed E-state index contributed by atoms with van der Waals surface area (Å²) < 4.78 is 7.11. The lowest BCUT2D eigenvalue weighted by Crippen LogP contribution is -2.28. The topological polar surface area (TPSA) is 24.5 Å². The van der Waals surface area contributed by atoms with Crippen molar-refractivity contribution < 1.29 is 4.74 Å². The highest BCUT2D eigenvalue weighted by Crippen LogP contribution is 2.28. The van der Waals surface area contributed by atoms with E-state index in [1.165, 1.54) is 11.1 Å². The Hall–Kier alpha value is -0.580. The van der Waals surface area contributed by atoms with Crippen LogP contribution in [-0.2, 0) is 6.54 Å². The van der Waals surface area contributed by atoms with E-state index in [1.807, 2.05) is 7.05 Å². The first-order valence-electron chi connectivity index (χ1n) is 6.91. The molecule has 0 aliphatic heterocycles. The quantitative estimate of drug-likeness (QED) is 0.793. The first kappa shape index (κ1) is 16.5. The van der Waals surface area contributed by atoms with Crippen molar-refractivity contribution >= 4 is 15.9 Å². The molecular formula is C15H25BrN2O. The Morgan fingerprint density at radius 1 is 1.26 bits per heavy atom. The van der Waals surface area contributed by atoms with Crippen molar-refractivity contribution in [1.29, 1.82) is 0 Å². The summed E-state index contributed by atoms with van der Waals surface area (Å²) in [4.78, 5) is 2.37. The van der Waals surface area contributed by atoms with Gasteiger partial charge >= 0.3 is 0 Å². The van der Waals surface area contributed by atoms with Crippen LogP contribution in [0.2, 0.25) is 0 Å². The van der Waals surface area contributed by atoms with Gasteiger partial charge in [-0.1, -0.05) is 29.8 Å². The molecule has 0 fully saturated rings. The predicted octanol–water partition coefficient (Wildman–Crippen LogP) is 3.20. The van der Waals surface area contributed by atoms with Crippen molar-refractivity contribution in [2.24, 2.45) is 0 Å². The molecule has 1 N–H and O–H groups in total. The fourth-order valence-corrected chi connectivity index (χ4v) is 2.76. The molecule has 0 heterocycles. The highest BCUT2D eigenvalue weighted by molar-refractivity contribution is 9.10. The van der Waals surface area contributed by atoms with E-state index >= 15 is 0 Å². The van der Waals surface area contributed by atoms with Crippen LogP contribution in [0.3, 0.4) is 0 Å². The molecule has 1 rings (SSSR count). The van der Waals surface area contributed by atoms with Crippen LogP contribution < -0.4 is 10.1 Å². The Morgan fingerprint density at radius 3 is 2.53 bits per heavy atom. The van der Waals surface area contributed by atoms with Crippen LogP contribution in [0, 0.1) is 6.92 Å². The summed E-state index contributed by atoms with van der Waals surface area (Å²) in [5.41, 5.74) is 2.38. The van der Waals surface area contributed by atoms with E-state index in [4.69, 9.17) is 4.74 Å². The maximum atomic E-state index is 6.01. The third kappa shape index (κ3) is 5.13. The smallest absolute Gasteiger partial charge is 0.126 e. The van der Waals surface area contributed by atoms with E-state index in [0.29, 0.717) is 0 Å². The first-order chi connectivity index (χ1) is 9.12. The molecule has 0 aliphatic rings. The molecule has 3 nitrogen and oxygen atoms in total. The zero-order chi connectivity index (χ0) is 14.3. The number of benzene rings is 1. The Bertz CT molecular complexity index is 392. The van der Waals surface area contributed by atoms with Gasteiger partial charge in [0.2, 0.25) is 0 Å². The minimum Gasteiger partial charge on any atom is -0.492 e. The zero-order valence-corrected chi connectivity index (χ0v) is 14.0. The lowest BCUT2D eigenvalue weighted by Gasteiger charge is -2.20. The van der Waals surface area contributed by atoms with Gasteiger partial charge in [0.1, 0.15) is 12.4 Å². The van der Waals surface area contributed by atoms with E-state index in [-0.39, 0.29) is 0 Å². The minimum absolute atomic E-state index is 0.737. The molecule has 0 saturated heterocycles. The standard InChI is InChI=1S/C15H25BrN2O/c1-5-18(6-2)7-8-19-15-12(3)9-14(16)10-13(15)11-17-4/h9-10,17H,5-8,11H2,1-4H3. The van der Waals surface area contributed by atoms with Crippen molar-refractivity contribution in [2.45, 2.75) is 27.3 Å². The molecule has 1 aromatic carbocycles. The number of halogens is 1. The average Bonchev–Trinajstić information content (AvgIpc) is 2.37. The van der Waals surface area contributed by atoms with Crippen LogP contribution in [0.1, 0.15) is 25.0 Å². The molecular weight excluding hydrogens is 304 g/mol. The fraction of sp³-hybridized carbons (Fsp3) is 0.600. The van der Waals surface area contributed by atoms with Gasteiger partial charge in [0.05, 0.1) is 0 Å². The summed E-state index contributed by atoms with van der Waals surface area (Å²) in [7, 11) is 1.95. The van der Waals surface area contributed by atoms with Gasteiger partial charge in [-0.15, -0.1) is 0 Å². The van der Waals surface area contributed by atoms with Gasteiger partial charge in [0, 0.05) is 23.1 Å². The molecule has 0 radical (unpaired) electrons. The molecule has 19 heavy (non-hydrogen) atoms. The van der Waals surface area contributed by atoms with Gasteiger partial charge in [0.25, 0.3) is 0 Å². The second-order valence-corrected chi connectivity index (χ2v) is 5.53. The number of rotatable bonds is 8. The number of likely N-dealkylation sites (N-methyl/N-ethyl adjacent to an activating group) is 1. The second-order valence-electron chi connectivity index (χ2n) is 4.62. The van der Waals surface area contributed by atoms with Gasteiger partial charge in [-0.05, 0) is 44.8 Å². The van der Waals surface area contributed by atoms with Gasteiger partial charge in [0.15, 0.2) is 0 Å². The maximum absolute atomic E-state index is 6.01. The molecule has 1 aromatic rings. The van der Waals surface area contributed by atoms with Crippen molar-refractivity contribution in [3.63, 3.8) is 0 Å². The Labute approximate surface area is 125 Å². The summed E-state index contributed by atoms with van der Waals surface area (Å²) in [6.07, 6.45) is 0. The molecule has 0 amide bonds. The summed E-state index contributed by atoms with van der Waals surface area (Å²) >= 11 is 3.54. The number of nitrogens with one attached hydrogen (secondary N) is 1. The van der Waals surface area contributed by atoms with Gasteiger partial charge in [-0.3, -0.25) is 0 Å². The molecule has 0 atom stereocenters. The minimum atomic E-state index is 0.737. The largest absolute Gasteiger partial charge is 0.492 e. The average molecular weight is 329 g/mol. The number of nitrogens with zero attached hydrogens (tertiary/aromatic N) is 1. The number of aryl methyl sites for hydroxylation is 1. The fourth-order valence-electron chi connectivity index (χ4n) is 2.14. The second kappa shape index (κ2) is 8.56. The lowest BCUT2D eigenvalue weighted by atomic mass is 10.1. The summed E-state index contributed by atoms with van der Waals surface area (Å²) in [6, 6.07) is 4.22. The summed E-state index contributed by atoms with van der Waals surface area (Å²) in [6.45, 7) is 11.1. The molecule has 0 saturated carbocycles. The van der Waals surface area contributed by atoms with Crippen LogP contribution in [0.15, 0.2) is 16.6 Å². The van der Waals surface area contributed by atoms with E-state index in [0.717, 1.165) is 43.0 Å². The van der Waals surface area contributed by atoms with Crippen LogP contribution in [0.25, 0.3) is 0 Å².